The van der Waals surface area contributed by atoms with E-state index in [2.05, 4.69) is 4.99 Å². The largest absolute Gasteiger partial charge is 0.475 e. The molecule has 0 aliphatic carbocycles. The molecule has 0 unspecified atom stereocenters. The van der Waals surface area contributed by atoms with Gasteiger partial charge in [-0.2, -0.15) is 5.26 Å². The standard InChI is InChI=1S/C16H8F4N2O/c17-12-10(9-3-1-8(7-21)2-4-9)11(16-22-5-6-23-16)13(18)15(20)14(12)19/h1-4H,5-6H2. The fraction of sp³-hybridized carbons (Fsp3) is 0.125. The van der Waals surface area contributed by atoms with Gasteiger partial charge in [0.15, 0.2) is 23.3 Å². The molecule has 1 aliphatic heterocycles. The Morgan fingerprint density at radius 2 is 1.52 bits per heavy atom. The van der Waals surface area contributed by atoms with Crippen LogP contribution in [0.15, 0.2) is 29.3 Å². The molecule has 0 radical (unpaired) electrons. The Labute approximate surface area is 128 Å². The molecule has 2 aromatic carbocycles. The lowest BCUT2D eigenvalue weighted by atomic mass is 9.96. The summed E-state index contributed by atoms with van der Waals surface area (Å²) in [6.45, 7) is 0.352. The molecule has 7 heteroatoms. The van der Waals surface area contributed by atoms with Crippen LogP contribution in [0.2, 0.25) is 0 Å². The topological polar surface area (TPSA) is 45.4 Å². The van der Waals surface area contributed by atoms with Gasteiger partial charge in [-0.25, -0.2) is 22.6 Å². The van der Waals surface area contributed by atoms with E-state index >= 15 is 0 Å². The van der Waals surface area contributed by atoms with Crippen LogP contribution in [0.5, 0.6) is 0 Å². The quantitative estimate of drug-likeness (QED) is 0.482. The summed E-state index contributed by atoms with van der Waals surface area (Å²) in [5.74, 6) is -7.22. The Bertz CT molecular complexity index is 854. The molecule has 23 heavy (non-hydrogen) atoms. The van der Waals surface area contributed by atoms with Crippen LogP contribution < -0.4 is 0 Å². The maximum atomic E-state index is 14.3. The summed E-state index contributed by atoms with van der Waals surface area (Å²) in [4.78, 5) is 3.84. The molecule has 2 aromatic rings. The zero-order chi connectivity index (χ0) is 16.6. The van der Waals surface area contributed by atoms with Crippen molar-refractivity contribution in [2.75, 3.05) is 13.2 Å². The van der Waals surface area contributed by atoms with Gasteiger partial charge in [0.2, 0.25) is 5.90 Å². The lowest BCUT2D eigenvalue weighted by molar-refractivity contribution is 0.344. The molecule has 1 aliphatic rings. The van der Waals surface area contributed by atoms with E-state index in [-0.39, 0.29) is 30.2 Å². The average Bonchev–Trinajstić information content (AvgIpc) is 3.10. The van der Waals surface area contributed by atoms with Crippen LogP contribution >= 0.6 is 0 Å². The third-order valence-electron chi connectivity index (χ3n) is 3.37. The smallest absolute Gasteiger partial charge is 0.220 e. The van der Waals surface area contributed by atoms with Crippen molar-refractivity contribution in [2.45, 2.75) is 0 Å². The SMILES string of the molecule is N#Cc1ccc(-c2c(F)c(F)c(F)c(F)c2C2=NCCO2)cc1. The summed E-state index contributed by atoms with van der Waals surface area (Å²) in [5, 5.41) is 8.77. The Balaban J connectivity index is 2.31. The summed E-state index contributed by atoms with van der Waals surface area (Å²) < 4.78 is 60.7. The molecule has 0 aromatic heterocycles. The number of rotatable bonds is 2. The van der Waals surface area contributed by atoms with E-state index in [1.165, 1.54) is 24.3 Å². The first-order valence-corrected chi connectivity index (χ1v) is 6.58. The summed E-state index contributed by atoms with van der Waals surface area (Å²) in [6, 6.07) is 7.21. The molecule has 0 N–H and O–H groups in total. The minimum atomic E-state index is -1.92. The third kappa shape index (κ3) is 2.42. The number of halogens is 4. The number of benzene rings is 2. The highest BCUT2D eigenvalue weighted by molar-refractivity contribution is 6.02. The van der Waals surface area contributed by atoms with Gasteiger partial charge >= 0.3 is 0 Å². The van der Waals surface area contributed by atoms with Crippen LogP contribution in [-0.4, -0.2) is 19.0 Å². The van der Waals surface area contributed by atoms with E-state index in [9.17, 15) is 17.6 Å². The first kappa shape index (κ1) is 15.0. The summed E-state index contributed by atoms with van der Waals surface area (Å²) >= 11 is 0. The Hall–Kier alpha value is -2.88. The number of nitriles is 1. The molecule has 0 saturated carbocycles. The fourth-order valence-electron chi connectivity index (χ4n) is 2.30. The summed E-state index contributed by atoms with van der Waals surface area (Å²) in [7, 11) is 0. The maximum absolute atomic E-state index is 14.3. The molecule has 0 amide bonds. The minimum Gasteiger partial charge on any atom is -0.475 e. The van der Waals surface area contributed by atoms with Crippen LogP contribution in [0, 0.1) is 34.6 Å². The first-order chi connectivity index (χ1) is 11.0. The second-order valence-electron chi connectivity index (χ2n) is 4.73. The molecular formula is C16H8F4N2O. The molecule has 1 heterocycles. The van der Waals surface area contributed by atoms with Crippen molar-refractivity contribution in [2.24, 2.45) is 4.99 Å². The highest BCUT2D eigenvalue weighted by Gasteiger charge is 2.30. The molecule has 3 nitrogen and oxygen atoms in total. The molecule has 116 valence electrons. The van der Waals surface area contributed by atoms with Gasteiger partial charge in [0.05, 0.1) is 23.7 Å². The zero-order valence-electron chi connectivity index (χ0n) is 11.5. The highest BCUT2D eigenvalue weighted by atomic mass is 19.2. The Kier molecular flexibility index (Phi) is 3.74. The van der Waals surface area contributed by atoms with Crippen molar-refractivity contribution >= 4 is 5.90 Å². The van der Waals surface area contributed by atoms with Crippen molar-refractivity contribution in [3.8, 4) is 17.2 Å². The number of ether oxygens (including phenoxy) is 1. The number of hydrogen-bond acceptors (Lipinski definition) is 3. The van der Waals surface area contributed by atoms with Gasteiger partial charge in [-0.3, -0.25) is 0 Å². The number of aliphatic imine (C=N–C) groups is 1. The highest BCUT2D eigenvalue weighted by Crippen LogP contribution is 2.34. The monoisotopic (exact) mass is 320 g/mol. The van der Waals surface area contributed by atoms with Crippen molar-refractivity contribution < 1.29 is 22.3 Å². The van der Waals surface area contributed by atoms with Gasteiger partial charge in [-0.05, 0) is 17.7 Å². The van der Waals surface area contributed by atoms with Crippen molar-refractivity contribution in [3.63, 3.8) is 0 Å². The molecular weight excluding hydrogens is 312 g/mol. The number of hydrogen-bond donors (Lipinski definition) is 0. The predicted octanol–water partition coefficient (Wildman–Crippen LogP) is 3.56. The molecule has 0 spiro atoms. The van der Waals surface area contributed by atoms with Crippen LogP contribution in [0.4, 0.5) is 17.6 Å². The van der Waals surface area contributed by atoms with Crippen LogP contribution in [-0.2, 0) is 4.74 Å². The van der Waals surface area contributed by atoms with E-state index in [0.717, 1.165) is 0 Å². The first-order valence-electron chi connectivity index (χ1n) is 6.58. The van der Waals surface area contributed by atoms with E-state index in [1.807, 2.05) is 6.07 Å². The van der Waals surface area contributed by atoms with Gasteiger partial charge in [0.1, 0.15) is 6.61 Å². The lowest BCUT2D eigenvalue weighted by Crippen LogP contribution is -2.12. The van der Waals surface area contributed by atoms with Gasteiger partial charge < -0.3 is 4.74 Å². The van der Waals surface area contributed by atoms with E-state index < -0.39 is 34.4 Å². The predicted molar refractivity (Wildman–Crippen MR) is 73.8 cm³/mol. The second-order valence-corrected chi connectivity index (χ2v) is 4.73. The van der Waals surface area contributed by atoms with Gasteiger partial charge in [-0.15, -0.1) is 0 Å². The average molecular weight is 320 g/mol. The fourth-order valence-corrected chi connectivity index (χ4v) is 2.30. The second kappa shape index (κ2) is 5.72. The van der Waals surface area contributed by atoms with E-state index in [4.69, 9.17) is 10.00 Å². The molecule has 0 saturated heterocycles. The lowest BCUT2D eigenvalue weighted by Gasteiger charge is -2.13. The van der Waals surface area contributed by atoms with Crippen molar-refractivity contribution in [1.29, 1.82) is 5.26 Å². The zero-order valence-corrected chi connectivity index (χ0v) is 11.5. The maximum Gasteiger partial charge on any atom is 0.220 e. The Morgan fingerprint density at radius 1 is 0.913 bits per heavy atom. The van der Waals surface area contributed by atoms with Gasteiger partial charge in [0.25, 0.3) is 0 Å². The van der Waals surface area contributed by atoms with Gasteiger partial charge in [0, 0.05) is 5.56 Å². The molecule has 3 rings (SSSR count). The van der Waals surface area contributed by atoms with Crippen LogP contribution in [0.25, 0.3) is 11.1 Å². The van der Waals surface area contributed by atoms with Crippen LogP contribution in [0.1, 0.15) is 11.1 Å². The van der Waals surface area contributed by atoms with E-state index in [1.54, 1.807) is 0 Å². The normalized spacial score (nSPS) is 13.4. The van der Waals surface area contributed by atoms with Crippen LogP contribution in [0.3, 0.4) is 0 Å². The Morgan fingerprint density at radius 3 is 2.04 bits per heavy atom. The van der Waals surface area contributed by atoms with Crippen molar-refractivity contribution in [3.05, 3.63) is 58.7 Å². The molecule has 0 bridgehead atoms. The van der Waals surface area contributed by atoms with E-state index in [0.29, 0.717) is 0 Å². The van der Waals surface area contributed by atoms with Crippen molar-refractivity contribution in [1.82, 2.24) is 0 Å². The molecule has 0 atom stereocenters. The van der Waals surface area contributed by atoms with Gasteiger partial charge in [-0.1, -0.05) is 12.1 Å². The minimum absolute atomic E-state index is 0.0764. The summed E-state index contributed by atoms with van der Waals surface area (Å²) in [6.07, 6.45) is 0. The third-order valence-corrected chi connectivity index (χ3v) is 3.37. The molecule has 0 fully saturated rings. The summed E-state index contributed by atoms with van der Waals surface area (Å²) in [5.41, 5.74) is -0.698. The number of nitrogens with zero attached hydrogens (tertiary/aromatic N) is 2.